The van der Waals surface area contributed by atoms with Crippen LogP contribution < -0.4 is 0 Å². The lowest BCUT2D eigenvalue weighted by Gasteiger charge is -2.20. The topological polar surface area (TPSA) is 46.5 Å². The molecule has 0 aliphatic rings. The number of hydrogen-bond acceptors (Lipinski definition) is 3. The third-order valence-electron chi connectivity index (χ3n) is 4.44. The van der Waals surface area contributed by atoms with Gasteiger partial charge in [-0.25, -0.2) is 4.79 Å². The lowest BCUT2D eigenvalue weighted by atomic mass is 9.89. The van der Waals surface area contributed by atoms with Crippen molar-refractivity contribution in [2.75, 3.05) is 7.11 Å². The van der Waals surface area contributed by atoms with Crippen LogP contribution in [-0.4, -0.2) is 18.2 Å². The first-order valence-corrected chi connectivity index (χ1v) is 8.38. The molecule has 0 aliphatic heterocycles. The van der Waals surface area contributed by atoms with Gasteiger partial charge in [-0.05, 0) is 67.1 Å². The number of benzene rings is 2. The third kappa shape index (κ3) is 3.52. The Morgan fingerprint density at radius 2 is 1.71 bits per heavy atom. The van der Waals surface area contributed by atoms with Crippen molar-refractivity contribution in [3.05, 3.63) is 62.7 Å². The van der Waals surface area contributed by atoms with Gasteiger partial charge in [0.15, 0.2) is 0 Å². The van der Waals surface area contributed by atoms with Crippen LogP contribution in [0.25, 0.3) is 0 Å². The predicted molar refractivity (Wildman–Crippen MR) is 97.4 cm³/mol. The first-order valence-electron chi connectivity index (χ1n) is 7.57. The van der Waals surface area contributed by atoms with Gasteiger partial charge in [0.25, 0.3) is 0 Å². The van der Waals surface area contributed by atoms with Gasteiger partial charge in [0, 0.05) is 5.02 Å². The van der Waals surface area contributed by atoms with Gasteiger partial charge in [-0.1, -0.05) is 23.7 Å². The summed E-state index contributed by atoms with van der Waals surface area (Å²) in [5, 5.41) is 10.7. The van der Waals surface area contributed by atoms with Gasteiger partial charge in [-0.2, -0.15) is 0 Å². The maximum absolute atomic E-state index is 12.0. The van der Waals surface area contributed by atoms with Crippen LogP contribution in [0.3, 0.4) is 0 Å². The van der Waals surface area contributed by atoms with E-state index in [0.717, 1.165) is 16.7 Å². The Morgan fingerprint density at radius 1 is 1.12 bits per heavy atom. The van der Waals surface area contributed by atoms with Crippen LogP contribution in [0.5, 0.6) is 5.75 Å². The minimum Gasteiger partial charge on any atom is -0.507 e. The van der Waals surface area contributed by atoms with E-state index in [1.165, 1.54) is 7.11 Å². The first kappa shape index (κ1) is 18.6. The van der Waals surface area contributed by atoms with Gasteiger partial charge in [0.1, 0.15) is 11.3 Å². The number of carbonyl (C=O) groups excluding carboxylic acids is 1. The molecular formula is C19H20Cl2O3. The zero-order valence-corrected chi connectivity index (χ0v) is 15.6. The van der Waals surface area contributed by atoms with Crippen LogP contribution in [0, 0.1) is 20.8 Å². The highest BCUT2D eigenvalue weighted by atomic mass is 35.5. The second-order valence-corrected chi connectivity index (χ2v) is 6.76. The molecule has 0 heterocycles. The Hall–Kier alpha value is -1.71. The van der Waals surface area contributed by atoms with E-state index in [1.807, 2.05) is 19.1 Å². The van der Waals surface area contributed by atoms with E-state index in [9.17, 15) is 9.90 Å². The summed E-state index contributed by atoms with van der Waals surface area (Å²) in [6, 6.07) is 7.38. The molecule has 128 valence electrons. The highest BCUT2D eigenvalue weighted by molar-refractivity contribution is 6.30. The van der Waals surface area contributed by atoms with Crippen LogP contribution in [0.15, 0.2) is 24.3 Å². The third-order valence-corrected chi connectivity index (χ3v) is 5.10. The summed E-state index contributed by atoms with van der Waals surface area (Å²) in [6.07, 6.45) is 0.534. The number of phenolic OH excluding ortho intramolecular Hbond substituents is 1. The quantitative estimate of drug-likeness (QED) is 0.591. The summed E-state index contributed by atoms with van der Waals surface area (Å²) >= 11 is 12.5. The molecule has 0 amide bonds. The van der Waals surface area contributed by atoms with Gasteiger partial charge in [-0.3, -0.25) is 0 Å². The Balaban J connectivity index is 2.48. The fraction of sp³-hybridized carbons (Fsp3) is 0.316. The number of carbonyl (C=O) groups is 1. The zero-order valence-electron chi connectivity index (χ0n) is 14.1. The van der Waals surface area contributed by atoms with Gasteiger partial charge in [0.05, 0.1) is 12.5 Å². The molecule has 1 N–H and O–H groups in total. The fourth-order valence-corrected chi connectivity index (χ4v) is 3.25. The number of aromatic hydroxyl groups is 1. The molecule has 0 bridgehead atoms. The summed E-state index contributed by atoms with van der Waals surface area (Å²) in [6.45, 7) is 5.51. The highest BCUT2D eigenvalue weighted by Gasteiger charge is 2.24. The van der Waals surface area contributed by atoms with E-state index in [4.69, 9.17) is 27.9 Å². The molecule has 0 aromatic heterocycles. The van der Waals surface area contributed by atoms with Gasteiger partial charge in [-0.15, -0.1) is 11.6 Å². The minimum absolute atomic E-state index is 0.0294. The van der Waals surface area contributed by atoms with Crippen molar-refractivity contribution in [3.8, 4) is 5.75 Å². The van der Waals surface area contributed by atoms with E-state index in [2.05, 4.69) is 0 Å². The Kier molecular flexibility index (Phi) is 5.79. The predicted octanol–water partition coefficient (Wildman–Crippen LogP) is 5.28. The fourth-order valence-electron chi connectivity index (χ4n) is 2.83. The number of rotatable bonds is 4. The summed E-state index contributed by atoms with van der Waals surface area (Å²) < 4.78 is 4.80. The van der Waals surface area contributed by atoms with Crippen molar-refractivity contribution < 1.29 is 14.6 Å². The number of ether oxygens (including phenoxy) is 1. The number of hydrogen-bond donors (Lipinski definition) is 1. The normalized spacial score (nSPS) is 12.1. The van der Waals surface area contributed by atoms with E-state index < -0.39 is 5.97 Å². The Bertz CT molecular complexity index is 767. The monoisotopic (exact) mass is 366 g/mol. The molecule has 24 heavy (non-hydrogen) atoms. The molecule has 3 nitrogen and oxygen atoms in total. The summed E-state index contributed by atoms with van der Waals surface area (Å²) in [5.74, 6) is -0.579. The van der Waals surface area contributed by atoms with Crippen molar-refractivity contribution in [1.82, 2.24) is 0 Å². The second-order valence-electron chi connectivity index (χ2n) is 5.79. The molecule has 1 atom stereocenters. The molecule has 5 heteroatoms. The molecule has 0 spiro atoms. The molecule has 2 aromatic rings. The number of alkyl halides is 1. The molecule has 0 radical (unpaired) electrons. The standard InChI is InChI=1S/C19H20Cl2O3/c1-10-11(2)18(22)17(19(23)24-4)12(3)15(10)9-16(21)13-5-7-14(20)8-6-13/h5-8,16,22H,9H2,1-4H3. The molecule has 0 saturated heterocycles. The summed E-state index contributed by atoms with van der Waals surface area (Å²) in [4.78, 5) is 12.0. The smallest absolute Gasteiger partial charge is 0.341 e. The summed E-state index contributed by atoms with van der Waals surface area (Å²) in [7, 11) is 1.30. The van der Waals surface area contributed by atoms with E-state index in [1.54, 1.807) is 26.0 Å². The van der Waals surface area contributed by atoms with Crippen molar-refractivity contribution in [2.45, 2.75) is 32.6 Å². The van der Waals surface area contributed by atoms with Crippen LogP contribution >= 0.6 is 23.2 Å². The summed E-state index contributed by atoms with van der Waals surface area (Å²) in [5.41, 5.74) is 4.39. The Labute approximate surface area is 152 Å². The zero-order chi connectivity index (χ0) is 18.0. The highest BCUT2D eigenvalue weighted by Crippen LogP contribution is 2.36. The lowest BCUT2D eigenvalue weighted by molar-refractivity contribution is 0.0596. The molecular weight excluding hydrogens is 347 g/mol. The van der Waals surface area contributed by atoms with Crippen LogP contribution in [0.1, 0.15) is 43.6 Å². The molecule has 0 fully saturated rings. The van der Waals surface area contributed by atoms with Crippen LogP contribution in [0.2, 0.25) is 5.02 Å². The van der Waals surface area contributed by atoms with E-state index >= 15 is 0 Å². The van der Waals surface area contributed by atoms with E-state index in [-0.39, 0.29) is 16.7 Å². The lowest BCUT2D eigenvalue weighted by Crippen LogP contribution is -2.11. The average molecular weight is 367 g/mol. The number of methoxy groups -OCH3 is 1. The maximum atomic E-state index is 12.0. The van der Waals surface area contributed by atoms with Crippen molar-refractivity contribution in [3.63, 3.8) is 0 Å². The number of halogens is 2. The average Bonchev–Trinajstić information content (AvgIpc) is 2.57. The van der Waals surface area contributed by atoms with Crippen molar-refractivity contribution in [2.24, 2.45) is 0 Å². The molecule has 2 rings (SSSR count). The molecule has 0 saturated carbocycles. The molecule has 2 aromatic carbocycles. The SMILES string of the molecule is COC(=O)c1c(C)c(CC(Cl)c2ccc(Cl)cc2)c(C)c(C)c1O. The van der Waals surface area contributed by atoms with Gasteiger partial charge >= 0.3 is 5.97 Å². The Morgan fingerprint density at radius 3 is 2.25 bits per heavy atom. The number of phenols is 1. The van der Waals surface area contributed by atoms with Crippen LogP contribution in [0.4, 0.5) is 0 Å². The first-order chi connectivity index (χ1) is 11.3. The number of esters is 1. The maximum Gasteiger partial charge on any atom is 0.341 e. The van der Waals surface area contributed by atoms with E-state index in [0.29, 0.717) is 22.6 Å². The second kappa shape index (κ2) is 7.45. The van der Waals surface area contributed by atoms with Crippen molar-refractivity contribution >= 4 is 29.2 Å². The van der Waals surface area contributed by atoms with Crippen molar-refractivity contribution in [1.29, 1.82) is 0 Å². The van der Waals surface area contributed by atoms with Gasteiger partial charge < -0.3 is 9.84 Å². The van der Waals surface area contributed by atoms with Gasteiger partial charge in [0.2, 0.25) is 0 Å². The molecule has 1 unspecified atom stereocenters. The van der Waals surface area contributed by atoms with Crippen LogP contribution in [-0.2, 0) is 11.2 Å². The largest absolute Gasteiger partial charge is 0.507 e. The molecule has 0 aliphatic carbocycles. The minimum atomic E-state index is -0.549.